The maximum absolute atomic E-state index is 12.4. The van der Waals surface area contributed by atoms with Crippen LogP contribution in [-0.2, 0) is 9.53 Å². The molecule has 0 radical (unpaired) electrons. The molecule has 0 bridgehead atoms. The van der Waals surface area contributed by atoms with Gasteiger partial charge in [-0.05, 0) is 31.2 Å². The van der Waals surface area contributed by atoms with Gasteiger partial charge in [0.05, 0.1) is 31.0 Å². The number of nitrogens with one attached hydrogen (secondary N) is 1. The van der Waals surface area contributed by atoms with Gasteiger partial charge in [0.15, 0.2) is 5.78 Å². The molecule has 6 heteroatoms. The summed E-state index contributed by atoms with van der Waals surface area (Å²) in [6, 6.07) is 11.9. The molecule has 0 aromatic heterocycles. The van der Waals surface area contributed by atoms with Crippen molar-refractivity contribution in [2.24, 2.45) is 0 Å². The number of carbonyl (C=O) groups is 3. The zero-order chi connectivity index (χ0) is 19.1. The minimum atomic E-state index is -0.540. The van der Waals surface area contributed by atoms with Gasteiger partial charge in [-0.15, -0.1) is 0 Å². The molecule has 2 aromatic rings. The molecule has 26 heavy (non-hydrogen) atoms. The van der Waals surface area contributed by atoms with Gasteiger partial charge in [0.2, 0.25) is 5.91 Å². The highest BCUT2D eigenvalue weighted by Crippen LogP contribution is 2.22. The highest BCUT2D eigenvalue weighted by Gasteiger charge is 2.16. The summed E-state index contributed by atoms with van der Waals surface area (Å²) >= 11 is 0. The monoisotopic (exact) mass is 355 g/mol. The summed E-state index contributed by atoms with van der Waals surface area (Å²) in [5, 5.41) is 2.65. The maximum Gasteiger partial charge on any atom is 0.339 e. The molecule has 0 unspecified atom stereocenters. The fourth-order valence-electron chi connectivity index (χ4n) is 2.49. The van der Waals surface area contributed by atoms with Gasteiger partial charge in [-0.2, -0.15) is 0 Å². The largest absolute Gasteiger partial charge is 0.496 e. The van der Waals surface area contributed by atoms with Crippen LogP contribution in [0.3, 0.4) is 0 Å². The van der Waals surface area contributed by atoms with Crippen molar-refractivity contribution < 1.29 is 23.9 Å². The number of Topliss-reactive ketones (excluding diaryl/α,β-unsaturated/α-hetero) is 1. The Hall–Kier alpha value is -3.15. The number of anilines is 1. The number of para-hydroxylation sites is 1. The summed E-state index contributed by atoms with van der Waals surface area (Å²) in [6.45, 7) is 1.88. The summed E-state index contributed by atoms with van der Waals surface area (Å²) in [7, 11) is 2.77. The van der Waals surface area contributed by atoms with E-state index in [2.05, 4.69) is 5.32 Å². The molecule has 0 aliphatic carbocycles. The summed E-state index contributed by atoms with van der Waals surface area (Å²) in [4.78, 5) is 36.3. The van der Waals surface area contributed by atoms with Crippen LogP contribution in [0.1, 0.15) is 39.1 Å². The van der Waals surface area contributed by atoms with E-state index in [9.17, 15) is 14.4 Å². The summed E-state index contributed by atoms with van der Waals surface area (Å²) in [6.07, 6.45) is 0.0253. The third-order valence-corrected chi connectivity index (χ3v) is 3.84. The Kier molecular flexibility index (Phi) is 6.49. The van der Waals surface area contributed by atoms with Gasteiger partial charge in [-0.1, -0.05) is 23.8 Å². The number of aryl methyl sites for hydroxylation is 1. The Morgan fingerprint density at radius 2 is 1.69 bits per heavy atom. The number of ketones is 1. The molecule has 0 saturated carbocycles. The Morgan fingerprint density at radius 3 is 2.38 bits per heavy atom. The van der Waals surface area contributed by atoms with E-state index >= 15 is 0 Å². The second-order valence-electron chi connectivity index (χ2n) is 5.71. The zero-order valence-corrected chi connectivity index (χ0v) is 15.0. The molecule has 1 N–H and O–H groups in total. The van der Waals surface area contributed by atoms with E-state index in [0.717, 1.165) is 5.56 Å². The van der Waals surface area contributed by atoms with Crippen molar-refractivity contribution in [2.45, 2.75) is 19.8 Å². The lowest BCUT2D eigenvalue weighted by atomic mass is 10.0. The fourth-order valence-corrected chi connectivity index (χ4v) is 2.49. The Morgan fingerprint density at radius 1 is 0.962 bits per heavy atom. The van der Waals surface area contributed by atoms with Crippen LogP contribution in [0, 0.1) is 6.92 Å². The van der Waals surface area contributed by atoms with E-state index in [-0.39, 0.29) is 30.1 Å². The van der Waals surface area contributed by atoms with Gasteiger partial charge in [0.25, 0.3) is 0 Å². The second-order valence-corrected chi connectivity index (χ2v) is 5.71. The van der Waals surface area contributed by atoms with Gasteiger partial charge >= 0.3 is 5.97 Å². The lowest BCUT2D eigenvalue weighted by Gasteiger charge is -2.10. The van der Waals surface area contributed by atoms with Crippen molar-refractivity contribution in [2.75, 3.05) is 19.5 Å². The van der Waals surface area contributed by atoms with E-state index in [0.29, 0.717) is 17.0 Å². The first-order valence-electron chi connectivity index (χ1n) is 8.11. The van der Waals surface area contributed by atoms with Crippen LogP contribution >= 0.6 is 0 Å². The molecule has 0 aliphatic rings. The number of rotatable bonds is 7. The molecule has 1 amide bonds. The minimum Gasteiger partial charge on any atom is -0.496 e. The normalized spacial score (nSPS) is 10.1. The maximum atomic E-state index is 12.4. The molecule has 0 fully saturated rings. The summed E-state index contributed by atoms with van der Waals surface area (Å²) < 4.78 is 9.90. The van der Waals surface area contributed by atoms with E-state index < -0.39 is 5.97 Å². The average molecular weight is 355 g/mol. The molecule has 2 rings (SSSR count). The number of hydrogen-bond acceptors (Lipinski definition) is 5. The van der Waals surface area contributed by atoms with E-state index in [1.54, 1.807) is 36.4 Å². The van der Waals surface area contributed by atoms with Crippen molar-refractivity contribution in [1.29, 1.82) is 0 Å². The van der Waals surface area contributed by atoms with Gasteiger partial charge in [-0.25, -0.2) is 4.79 Å². The molecule has 0 atom stereocenters. The third-order valence-electron chi connectivity index (χ3n) is 3.84. The molecule has 0 heterocycles. The number of ether oxygens (including phenoxy) is 2. The number of carbonyl (C=O) groups excluding carboxylic acids is 3. The first-order chi connectivity index (χ1) is 12.5. The van der Waals surface area contributed by atoms with Crippen LogP contribution in [0.4, 0.5) is 5.69 Å². The molecule has 136 valence electrons. The molecule has 6 nitrogen and oxygen atoms in total. The van der Waals surface area contributed by atoms with Crippen LogP contribution in [0.2, 0.25) is 0 Å². The molecular weight excluding hydrogens is 334 g/mol. The molecule has 0 spiro atoms. The predicted octanol–water partition coefficient (Wildman–Crippen LogP) is 3.39. The minimum absolute atomic E-state index is 0.00850. The SMILES string of the molecule is COC(=O)c1ccccc1NC(=O)CCC(=O)c1cc(C)ccc1OC. The highest BCUT2D eigenvalue weighted by atomic mass is 16.5. The standard InChI is InChI=1S/C20H21NO5/c1-13-8-10-18(25-2)15(12-13)17(22)9-11-19(23)21-16-7-5-4-6-14(16)20(24)26-3/h4-8,10,12H,9,11H2,1-3H3,(H,21,23). The Labute approximate surface area is 152 Å². The predicted molar refractivity (Wildman–Crippen MR) is 97.7 cm³/mol. The Bertz CT molecular complexity index is 829. The van der Waals surface area contributed by atoms with Gasteiger partial charge in [0.1, 0.15) is 5.75 Å². The van der Waals surface area contributed by atoms with Crippen LogP contribution in [0.15, 0.2) is 42.5 Å². The topological polar surface area (TPSA) is 81.7 Å². The first kappa shape index (κ1) is 19.2. The second kappa shape index (κ2) is 8.80. The van der Waals surface area contributed by atoms with Crippen LogP contribution in [-0.4, -0.2) is 31.9 Å². The van der Waals surface area contributed by atoms with Crippen molar-refractivity contribution in [3.05, 3.63) is 59.2 Å². The molecule has 0 aliphatic heterocycles. The van der Waals surface area contributed by atoms with Crippen LogP contribution < -0.4 is 10.1 Å². The number of hydrogen-bond donors (Lipinski definition) is 1. The van der Waals surface area contributed by atoms with Crippen molar-refractivity contribution in [3.63, 3.8) is 0 Å². The molecule has 0 saturated heterocycles. The number of methoxy groups -OCH3 is 2. The van der Waals surface area contributed by atoms with E-state index in [1.165, 1.54) is 14.2 Å². The van der Waals surface area contributed by atoms with Crippen molar-refractivity contribution in [3.8, 4) is 5.75 Å². The van der Waals surface area contributed by atoms with E-state index in [4.69, 9.17) is 9.47 Å². The third kappa shape index (κ3) is 4.69. The van der Waals surface area contributed by atoms with Crippen LogP contribution in [0.25, 0.3) is 0 Å². The van der Waals surface area contributed by atoms with E-state index in [1.807, 2.05) is 13.0 Å². The zero-order valence-electron chi connectivity index (χ0n) is 15.0. The average Bonchev–Trinajstić information content (AvgIpc) is 2.65. The molecular formula is C20H21NO5. The quantitative estimate of drug-likeness (QED) is 0.608. The van der Waals surface area contributed by atoms with Gasteiger partial charge in [-0.3, -0.25) is 9.59 Å². The fraction of sp³-hybridized carbons (Fsp3) is 0.250. The van der Waals surface area contributed by atoms with Gasteiger partial charge in [0, 0.05) is 12.8 Å². The van der Waals surface area contributed by atoms with Crippen molar-refractivity contribution >= 4 is 23.3 Å². The number of benzene rings is 2. The number of amides is 1. The smallest absolute Gasteiger partial charge is 0.339 e. The lowest BCUT2D eigenvalue weighted by molar-refractivity contribution is -0.116. The first-order valence-corrected chi connectivity index (χ1v) is 8.11. The Balaban J connectivity index is 2.03. The van der Waals surface area contributed by atoms with Gasteiger partial charge < -0.3 is 14.8 Å². The highest BCUT2D eigenvalue weighted by molar-refractivity contribution is 6.04. The molecule has 2 aromatic carbocycles. The van der Waals surface area contributed by atoms with Crippen molar-refractivity contribution in [1.82, 2.24) is 0 Å². The lowest BCUT2D eigenvalue weighted by Crippen LogP contribution is -2.16. The number of esters is 1. The van der Waals surface area contributed by atoms with Crippen LogP contribution in [0.5, 0.6) is 5.75 Å². The summed E-state index contributed by atoms with van der Waals surface area (Å²) in [5.41, 5.74) is 2.00. The summed E-state index contributed by atoms with van der Waals surface area (Å²) in [5.74, 6) is -0.596.